The second-order valence-corrected chi connectivity index (χ2v) is 4.99. The maximum absolute atomic E-state index is 12.5. The summed E-state index contributed by atoms with van der Waals surface area (Å²) in [6.45, 7) is 4.86. The van der Waals surface area contributed by atoms with Gasteiger partial charge in [0.2, 0.25) is 5.91 Å². The molecule has 1 aromatic carbocycles. The topological polar surface area (TPSA) is 41.6 Å². The van der Waals surface area contributed by atoms with Crippen molar-refractivity contribution in [2.24, 2.45) is 0 Å². The molecule has 96 valence electrons. The lowest BCUT2D eigenvalue weighted by atomic mass is 10.0. The van der Waals surface area contributed by atoms with Crippen molar-refractivity contribution in [1.82, 2.24) is 5.32 Å². The largest absolute Gasteiger partial charge is 0.378 e. The van der Waals surface area contributed by atoms with E-state index in [-0.39, 0.29) is 11.9 Å². The molecule has 0 saturated carbocycles. The zero-order valence-electron chi connectivity index (χ0n) is 10.6. The number of morpholine rings is 1. The van der Waals surface area contributed by atoms with Gasteiger partial charge in [0, 0.05) is 24.7 Å². The first kappa shape index (κ1) is 11.7. The number of hydrogen-bond acceptors (Lipinski definition) is 3. The Morgan fingerprint density at radius 2 is 2.28 bits per heavy atom. The highest BCUT2D eigenvalue weighted by atomic mass is 16.5. The number of hydrogen-bond donors (Lipinski definition) is 1. The molecular weight excluding hydrogens is 228 g/mol. The van der Waals surface area contributed by atoms with E-state index in [4.69, 9.17) is 4.74 Å². The summed E-state index contributed by atoms with van der Waals surface area (Å²) in [4.78, 5) is 14.4. The third kappa shape index (κ3) is 1.91. The van der Waals surface area contributed by atoms with Gasteiger partial charge in [-0.25, -0.2) is 0 Å². The van der Waals surface area contributed by atoms with Gasteiger partial charge in [0.05, 0.1) is 13.2 Å². The number of amides is 1. The molecule has 0 unspecified atom stereocenters. The van der Waals surface area contributed by atoms with Crippen molar-refractivity contribution in [3.05, 3.63) is 29.8 Å². The second-order valence-electron chi connectivity index (χ2n) is 4.99. The number of rotatable bonds is 1. The van der Waals surface area contributed by atoms with Crippen LogP contribution in [-0.4, -0.2) is 38.3 Å². The second kappa shape index (κ2) is 4.71. The number of fused-ring (bicyclic) bond motifs is 1. The van der Waals surface area contributed by atoms with Crippen molar-refractivity contribution in [3.8, 4) is 0 Å². The average molecular weight is 246 g/mol. The van der Waals surface area contributed by atoms with E-state index in [1.165, 1.54) is 5.56 Å². The summed E-state index contributed by atoms with van der Waals surface area (Å²) in [6, 6.07) is 7.96. The first-order valence-electron chi connectivity index (χ1n) is 6.49. The van der Waals surface area contributed by atoms with Crippen molar-refractivity contribution in [3.63, 3.8) is 0 Å². The third-order valence-corrected chi connectivity index (χ3v) is 3.70. The Labute approximate surface area is 107 Å². The molecule has 1 fully saturated rings. The van der Waals surface area contributed by atoms with Gasteiger partial charge in [-0.15, -0.1) is 0 Å². The van der Waals surface area contributed by atoms with Gasteiger partial charge < -0.3 is 15.0 Å². The molecule has 3 rings (SSSR count). The van der Waals surface area contributed by atoms with Crippen LogP contribution >= 0.6 is 0 Å². The van der Waals surface area contributed by atoms with Gasteiger partial charge in [0.15, 0.2) is 0 Å². The zero-order valence-corrected chi connectivity index (χ0v) is 10.6. The molecule has 1 saturated heterocycles. The summed E-state index contributed by atoms with van der Waals surface area (Å²) in [5.41, 5.74) is 2.32. The van der Waals surface area contributed by atoms with Crippen molar-refractivity contribution in [2.75, 3.05) is 31.2 Å². The van der Waals surface area contributed by atoms with E-state index in [2.05, 4.69) is 18.3 Å². The smallest absolute Gasteiger partial charge is 0.246 e. The van der Waals surface area contributed by atoms with E-state index in [0.29, 0.717) is 19.1 Å². The number of para-hydroxylation sites is 1. The Morgan fingerprint density at radius 1 is 1.44 bits per heavy atom. The summed E-state index contributed by atoms with van der Waals surface area (Å²) in [7, 11) is 0. The first-order chi connectivity index (χ1) is 8.77. The van der Waals surface area contributed by atoms with Gasteiger partial charge in [-0.3, -0.25) is 4.79 Å². The van der Waals surface area contributed by atoms with Crippen LogP contribution in [0.5, 0.6) is 0 Å². The minimum atomic E-state index is -0.197. The molecule has 0 aliphatic carbocycles. The molecule has 1 aromatic rings. The van der Waals surface area contributed by atoms with E-state index < -0.39 is 0 Å². The number of ether oxygens (including phenoxy) is 1. The van der Waals surface area contributed by atoms with Crippen LogP contribution in [-0.2, 0) is 9.53 Å². The van der Waals surface area contributed by atoms with E-state index in [9.17, 15) is 4.79 Å². The number of nitrogens with zero attached hydrogens (tertiary/aromatic N) is 1. The summed E-state index contributed by atoms with van der Waals surface area (Å²) in [5.74, 6) is 0.543. The summed E-state index contributed by atoms with van der Waals surface area (Å²) in [6.07, 6.45) is 0. The SMILES string of the molecule is C[C@@H]1CN(C(=O)[C@@H]2COCCN2)c2ccccc21. The minimum absolute atomic E-state index is 0.131. The highest BCUT2D eigenvalue weighted by molar-refractivity contribution is 5.99. The highest BCUT2D eigenvalue weighted by Gasteiger charge is 2.33. The Morgan fingerprint density at radius 3 is 3.06 bits per heavy atom. The molecule has 0 aromatic heterocycles. The Kier molecular flexibility index (Phi) is 3.06. The van der Waals surface area contributed by atoms with E-state index in [1.54, 1.807) is 0 Å². The fourth-order valence-corrected chi connectivity index (χ4v) is 2.74. The lowest BCUT2D eigenvalue weighted by Crippen LogP contribution is -2.52. The van der Waals surface area contributed by atoms with Crippen LogP contribution in [0.25, 0.3) is 0 Å². The van der Waals surface area contributed by atoms with Crippen molar-refractivity contribution < 1.29 is 9.53 Å². The van der Waals surface area contributed by atoms with E-state index >= 15 is 0 Å². The molecule has 0 radical (unpaired) electrons. The molecule has 1 N–H and O–H groups in total. The summed E-state index contributed by atoms with van der Waals surface area (Å²) < 4.78 is 5.37. The Balaban J connectivity index is 1.83. The average Bonchev–Trinajstić information content (AvgIpc) is 2.77. The first-order valence-corrected chi connectivity index (χ1v) is 6.49. The lowest BCUT2D eigenvalue weighted by Gasteiger charge is -2.27. The number of carbonyl (C=O) groups is 1. The molecule has 0 spiro atoms. The molecule has 0 bridgehead atoms. The number of nitrogens with one attached hydrogen (secondary N) is 1. The summed E-state index contributed by atoms with van der Waals surface area (Å²) >= 11 is 0. The molecule has 2 aliphatic rings. The third-order valence-electron chi connectivity index (χ3n) is 3.70. The van der Waals surface area contributed by atoms with Crippen molar-refractivity contribution >= 4 is 11.6 Å². The van der Waals surface area contributed by atoms with Crippen LogP contribution in [0.1, 0.15) is 18.4 Å². The standard InChI is InChI=1S/C14H18N2O2/c1-10-8-16(13-5-3-2-4-11(10)13)14(17)12-9-18-7-6-15-12/h2-5,10,12,15H,6-9H2,1H3/t10-,12+/m1/s1. The van der Waals surface area contributed by atoms with Gasteiger partial charge in [0.25, 0.3) is 0 Å². The number of carbonyl (C=O) groups excluding carboxylic acids is 1. The van der Waals surface area contributed by atoms with Gasteiger partial charge in [0.1, 0.15) is 6.04 Å². The van der Waals surface area contributed by atoms with Gasteiger partial charge in [-0.2, -0.15) is 0 Å². The maximum atomic E-state index is 12.5. The quantitative estimate of drug-likeness (QED) is 0.807. The zero-order chi connectivity index (χ0) is 12.5. The molecule has 1 amide bonds. The molecule has 4 heteroatoms. The van der Waals surface area contributed by atoms with Crippen LogP contribution in [0.3, 0.4) is 0 Å². The molecule has 4 nitrogen and oxygen atoms in total. The molecule has 2 atom stereocenters. The lowest BCUT2D eigenvalue weighted by molar-refractivity contribution is -0.123. The fraction of sp³-hybridized carbons (Fsp3) is 0.500. The van der Waals surface area contributed by atoms with E-state index in [0.717, 1.165) is 18.8 Å². The maximum Gasteiger partial charge on any atom is 0.246 e. The minimum Gasteiger partial charge on any atom is -0.378 e. The molecule has 2 heterocycles. The predicted octanol–water partition coefficient (Wildman–Crippen LogP) is 1.13. The van der Waals surface area contributed by atoms with Gasteiger partial charge in [-0.05, 0) is 11.6 Å². The monoisotopic (exact) mass is 246 g/mol. The van der Waals surface area contributed by atoms with E-state index in [1.807, 2.05) is 23.1 Å². The molecular formula is C14H18N2O2. The van der Waals surface area contributed by atoms with Crippen LogP contribution in [0.4, 0.5) is 5.69 Å². The predicted molar refractivity (Wildman–Crippen MR) is 69.8 cm³/mol. The van der Waals surface area contributed by atoms with Crippen LogP contribution in [0.2, 0.25) is 0 Å². The number of anilines is 1. The number of benzene rings is 1. The van der Waals surface area contributed by atoms with Crippen LogP contribution in [0.15, 0.2) is 24.3 Å². The van der Waals surface area contributed by atoms with Crippen LogP contribution < -0.4 is 10.2 Å². The van der Waals surface area contributed by atoms with Crippen molar-refractivity contribution in [1.29, 1.82) is 0 Å². The van der Waals surface area contributed by atoms with Gasteiger partial charge >= 0.3 is 0 Å². The highest BCUT2D eigenvalue weighted by Crippen LogP contribution is 2.35. The normalized spacial score (nSPS) is 27.1. The van der Waals surface area contributed by atoms with Crippen LogP contribution in [0, 0.1) is 0 Å². The van der Waals surface area contributed by atoms with Gasteiger partial charge in [-0.1, -0.05) is 25.1 Å². The molecule has 18 heavy (non-hydrogen) atoms. The fourth-order valence-electron chi connectivity index (χ4n) is 2.74. The molecule has 2 aliphatic heterocycles. The Hall–Kier alpha value is -1.39. The Bertz CT molecular complexity index is 455. The summed E-state index contributed by atoms with van der Waals surface area (Å²) in [5, 5.41) is 3.23. The van der Waals surface area contributed by atoms with Crippen molar-refractivity contribution in [2.45, 2.75) is 18.9 Å².